The Morgan fingerprint density at radius 3 is 2.58 bits per heavy atom. The van der Waals surface area contributed by atoms with Crippen LogP contribution in [0.4, 0.5) is 0 Å². The van der Waals surface area contributed by atoms with Crippen LogP contribution in [-0.2, 0) is 0 Å². The molecule has 1 atom stereocenters. The molecule has 1 rings (SSSR count). The zero-order valence-corrected chi connectivity index (χ0v) is 7.37. The second kappa shape index (κ2) is 3.50. The van der Waals surface area contributed by atoms with Crippen molar-refractivity contribution in [2.45, 2.75) is 19.9 Å². The van der Waals surface area contributed by atoms with Crippen LogP contribution >= 0.6 is 0 Å². The largest absolute Gasteiger partial charge is 0.324 e. The third-order valence-corrected chi connectivity index (χ3v) is 1.95. The summed E-state index contributed by atoms with van der Waals surface area (Å²) in [6.07, 6.45) is 0.861. The van der Waals surface area contributed by atoms with E-state index in [4.69, 9.17) is 5.73 Å². The Morgan fingerprint density at radius 2 is 2.17 bits per heavy atom. The standard InChI is InChI=1S/C10H13NO/c1-7-5-9(8(2)11)3-4-10(7)6-12/h3-6,8H,11H2,1-2H3/t8-/m0/s1. The van der Waals surface area contributed by atoms with Gasteiger partial charge in [0.05, 0.1) is 0 Å². The van der Waals surface area contributed by atoms with Crippen LogP contribution in [0.2, 0.25) is 0 Å². The fourth-order valence-corrected chi connectivity index (χ4v) is 1.11. The second-order valence-electron chi connectivity index (χ2n) is 3.02. The Morgan fingerprint density at radius 1 is 1.50 bits per heavy atom. The van der Waals surface area contributed by atoms with E-state index in [2.05, 4.69) is 0 Å². The first-order valence-corrected chi connectivity index (χ1v) is 3.96. The van der Waals surface area contributed by atoms with Gasteiger partial charge in [-0.25, -0.2) is 0 Å². The SMILES string of the molecule is Cc1cc([C@H](C)N)ccc1C=O. The number of carbonyl (C=O) groups is 1. The van der Waals surface area contributed by atoms with E-state index in [1.165, 1.54) is 0 Å². The lowest BCUT2D eigenvalue weighted by atomic mass is 10.0. The van der Waals surface area contributed by atoms with Gasteiger partial charge in [-0.05, 0) is 25.0 Å². The highest BCUT2D eigenvalue weighted by Crippen LogP contribution is 2.13. The Labute approximate surface area is 72.4 Å². The van der Waals surface area contributed by atoms with Crippen molar-refractivity contribution < 1.29 is 4.79 Å². The molecule has 0 spiro atoms. The van der Waals surface area contributed by atoms with Crippen LogP contribution in [0.3, 0.4) is 0 Å². The molecule has 0 heterocycles. The summed E-state index contributed by atoms with van der Waals surface area (Å²) in [7, 11) is 0. The van der Waals surface area contributed by atoms with Crippen molar-refractivity contribution in [1.29, 1.82) is 0 Å². The molecular formula is C10H13NO. The minimum Gasteiger partial charge on any atom is -0.324 e. The second-order valence-corrected chi connectivity index (χ2v) is 3.02. The van der Waals surface area contributed by atoms with Crippen LogP contribution in [0, 0.1) is 6.92 Å². The minimum absolute atomic E-state index is 0.0319. The average molecular weight is 163 g/mol. The molecule has 0 bridgehead atoms. The molecule has 2 N–H and O–H groups in total. The highest BCUT2D eigenvalue weighted by molar-refractivity contribution is 5.77. The molecule has 0 aromatic heterocycles. The molecule has 0 saturated heterocycles. The molecule has 1 aromatic carbocycles. The summed E-state index contributed by atoms with van der Waals surface area (Å²) in [6.45, 7) is 3.84. The normalized spacial score (nSPS) is 12.6. The molecule has 0 amide bonds. The zero-order valence-electron chi connectivity index (χ0n) is 7.37. The summed E-state index contributed by atoms with van der Waals surface area (Å²) in [5.74, 6) is 0. The van der Waals surface area contributed by atoms with Gasteiger partial charge >= 0.3 is 0 Å². The van der Waals surface area contributed by atoms with Gasteiger partial charge in [-0.15, -0.1) is 0 Å². The summed E-state index contributed by atoms with van der Waals surface area (Å²) in [6, 6.07) is 5.68. The molecule has 12 heavy (non-hydrogen) atoms. The Bertz CT molecular complexity index is 292. The number of hydrogen-bond acceptors (Lipinski definition) is 2. The highest BCUT2D eigenvalue weighted by atomic mass is 16.1. The van der Waals surface area contributed by atoms with Crippen molar-refractivity contribution in [3.63, 3.8) is 0 Å². The van der Waals surface area contributed by atoms with E-state index >= 15 is 0 Å². The van der Waals surface area contributed by atoms with Gasteiger partial charge in [0, 0.05) is 11.6 Å². The lowest BCUT2D eigenvalue weighted by molar-refractivity contribution is 0.112. The van der Waals surface area contributed by atoms with Gasteiger partial charge in [0.25, 0.3) is 0 Å². The highest BCUT2D eigenvalue weighted by Gasteiger charge is 2.01. The van der Waals surface area contributed by atoms with E-state index in [1.54, 1.807) is 6.07 Å². The van der Waals surface area contributed by atoms with Gasteiger partial charge in [0.1, 0.15) is 6.29 Å². The van der Waals surface area contributed by atoms with Crippen molar-refractivity contribution in [3.05, 3.63) is 34.9 Å². The van der Waals surface area contributed by atoms with Crippen LogP contribution in [0.5, 0.6) is 0 Å². The first-order chi connectivity index (χ1) is 5.65. The number of hydrogen-bond donors (Lipinski definition) is 1. The predicted octanol–water partition coefficient (Wildman–Crippen LogP) is 1.83. The average Bonchev–Trinajstić information content (AvgIpc) is 2.04. The topological polar surface area (TPSA) is 43.1 Å². The van der Waals surface area contributed by atoms with E-state index in [0.29, 0.717) is 0 Å². The number of rotatable bonds is 2. The lowest BCUT2D eigenvalue weighted by Gasteiger charge is -2.07. The van der Waals surface area contributed by atoms with Gasteiger partial charge in [0.15, 0.2) is 0 Å². The molecule has 2 nitrogen and oxygen atoms in total. The molecular weight excluding hydrogens is 150 g/mol. The van der Waals surface area contributed by atoms with E-state index in [0.717, 1.165) is 23.0 Å². The number of benzene rings is 1. The van der Waals surface area contributed by atoms with Crippen molar-refractivity contribution in [2.75, 3.05) is 0 Å². The molecule has 0 aliphatic carbocycles. The number of aryl methyl sites for hydroxylation is 1. The lowest BCUT2D eigenvalue weighted by Crippen LogP contribution is -2.05. The van der Waals surface area contributed by atoms with Crippen LogP contribution in [0.1, 0.15) is 34.5 Å². The molecule has 1 aromatic rings. The van der Waals surface area contributed by atoms with Crippen molar-refractivity contribution in [1.82, 2.24) is 0 Å². The third kappa shape index (κ3) is 1.71. The quantitative estimate of drug-likeness (QED) is 0.676. The molecule has 0 aliphatic heterocycles. The Balaban J connectivity index is 3.10. The molecule has 0 unspecified atom stereocenters. The summed E-state index contributed by atoms with van der Waals surface area (Å²) < 4.78 is 0. The fraction of sp³-hybridized carbons (Fsp3) is 0.300. The molecule has 0 fully saturated rings. The molecule has 2 heteroatoms. The maximum atomic E-state index is 10.5. The molecule has 64 valence electrons. The van der Waals surface area contributed by atoms with Crippen molar-refractivity contribution >= 4 is 6.29 Å². The van der Waals surface area contributed by atoms with Crippen molar-refractivity contribution in [3.8, 4) is 0 Å². The first-order valence-electron chi connectivity index (χ1n) is 3.96. The Hall–Kier alpha value is -1.15. The maximum Gasteiger partial charge on any atom is 0.150 e. The van der Waals surface area contributed by atoms with Crippen molar-refractivity contribution in [2.24, 2.45) is 5.73 Å². The summed E-state index contributed by atoms with van der Waals surface area (Å²) in [5, 5.41) is 0. The van der Waals surface area contributed by atoms with E-state index in [9.17, 15) is 4.79 Å². The summed E-state index contributed by atoms with van der Waals surface area (Å²) in [5.41, 5.74) is 8.47. The fourth-order valence-electron chi connectivity index (χ4n) is 1.11. The monoisotopic (exact) mass is 163 g/mol. The number of carbonyl (C=O) groups excluding carboxylic acids is 1. The Kier molecular flexibility index (Phi) is 2.61. The smallest absolute Gasteiger partial charge is 0.150 e. The van der Waals surface area contributed by atoms with Crippen LogP contribution in [-0.4, -0.2) is 6.29 Å². The summed E-state index contributed by atoms with van der Waals surface area (Å²) in [4.78, 5) is 10.5. The van der Waals surface area contributed by atoms with E-state index in [1.807, 2.05) is 26.0 Å². The number of nitrogens with two attached hydrogens (primary N) is 1. The zero-order chi connectivity index (χ0) is 9.14. The van der Waals surface area contributed by atoms with Crippen LogP contribution in [0.25, 0.3) is 0 Å². The van der Waals surface area contributed by atoms with Crippen LogP contribution < -0.4 is 5.73 Å². The maximum absolute atomic E-state index is 10.5. The van der Waals surface area contributed by atoms with Gasteiger partial charge in [0.2, 0.25) is 0 Å². The number of aldehydes is 1. The van der Waals surface area contributed by atoms with E-state index in [-0.39, 0.29) is 6.04 Å². The minimum atomic E-state index is 0.0319. The predicted molar refractivity (Wildman–Crippen MR) is 49.2 cm³/mol. The summed E-state index contributed by atoms with van der Waals surface area (Å²) >= 11 is 0. The van der Waals surface area contributed by atoms with Gasteiger partial charge in [-0.2, -0.15) is 0 Å². The molecule has 0 saturated carbocycles. The van der Waals surface area contributed by atoms with E-state index < -0.39 is 0 Å². The molecule has 0 radical (unpaired) electrons. The van der Waals surface area contributed by atoms with Gasteiger partial charge < -0.3 is 5.73 Å². The third-order valence-electron chi connectivity index (χ3n) is 1.95. The first kappa shape index (κ1) is 8.94. The van der Waals surface area contributed by atoms with Gasteiger partial charge in [-0.3, -0.25) is 4.79 Å². The van der Waals surface area contributed by atoms with Gasteiger partial charge in [-0.1, -0.05) is 18.2 Å². The molecule has 0 aliphatic rings. The van der Waals surface area contributed by atoms with Crippen LogP contribution in [0.15, 0.2) is 18.2 Å².